The lowest BCUT2D eigenvalue weighted by Gasteiger charge is -2.24. The Morgan fingerprint density at radius 3 is 2.59 bits per heavy atom. The van der Waals surface area contributed by atoms with Gasteiger partial charge in [0, 0.05) is 30.8 Å². The number of rotatable bonds is 4. The van der Waals surface area contributed by atoms with Crippen LogP contribution in [0, 0.1) is 0 Å². The third-order valence-electron chi connectivity index (χ3n) is 3.64. The van der Waals surface area contributed by atoms with Gasteiger partial charge in [0.25, 0.3) is 0 Å². The Morgan fingerprint density at radius 1 is 1.27 bits per heavy atom. The molecule has 1 aromatic heterocycles. The SMILES string of the molecule is CN(C)c1ccc(CN2C(=O)CSC2c2sccc2Br)cc1. The first-order valence-corrected chi connectivity index (χ1v) is 9.68. The molecule has 3 rings (SSSR count). The van der Waals surface area contributed by atoms with Crippen molar-refractivity contribution in [1.82, 2.24) is 4.90 Å². The first-order valence-electron chi connectivity index (χ1n) is 6.96. The van der Waals surface area contributed by atoms with Gasteiger partial charge >= 0.3 is 0 Å². The zero-order valence-corrected chi connectivity index (χ0v) is 15.7. The normalized spacial score (nSPS) is 18.0. The average molecular weight is 397 g/mol. The van der Waals surface area contributed by atoms with Gasteiger partial charge in [-0.1, -0.05) is 12.1 Å². The van der Waals surface area contributed by atoms with Gasteiger partial charge in [0.05, 0.1) is 10.6 Å². The van der Waals surface area contributed by atoms with E-state index in [1.807, 2.05) is 25.1 Å². The molecule has 1 aromatic carbocycles. The Bertz CT molecular complexity index is 669. The van der Waals surface area contributed by atoms with Crippen molar-refractivity contribution in [2.45, 2.75) is 11.9 Å². The standard InChI is InChI=1S/C16H17BrN2OS2/c1-18(2)12-5-3-11(4-6-12)9-19-14(20)10-22-16(19)15-13(17)7-8-21-15/h3-8,16H,9-10H2,1-2H3. The quantitative estimate of drug-likeness (QED) is 0.767. The molecule has 1 fully saturated rings. The summed E-state index contributed by atoms with van der Waals surface area (Å²) in [5.74, 6) is 0.775. The van der Waals surface area contributed by atoms with Crippen LogP contribution < -0.4 is 4.90 Å². The van der Waals surface area contributed by atoms with Gasteiger partial charge in [-0.2, -0.15) is 0 Å². The van der Waals surface area contributed by atoms with E-state index in [-0.39, 0.29) is 11.3 Å². The number of thioether (sulfide) groups is 1. The van der Waals surface area contributed by atoms with Crippen molar-refractivity contribution in [3.63, 3.8) is 0 Å². The summed E-state index contributed by atoms with van der Waals surface area (Å²) in [6.07, 6.45) is 0. The molecule has 2 aromatic rings. The largest absolute Gasteiger partial charge is 0.378 e. The summed E-state index contributed by atoms with van der Waals surface area (Å²) < 4.78 is 1.10. The second-order valence-corrected chi connectivity index (χ2v) is 8.25. The average Bonchev–Trinajstić information content (AvgIpc) is 3.06. The Kier molecular flexibility index (Phi) is 4.80. The van der Waals surface area contributed by atoms with E-state index in [4.69, 9.17) is 0 Å². The molecule has 0 saturated carbocycles. The van der Waals surface area contributed by atoms with Gasteiger partial charge in [0.1, 0.15) is 5.37 Å². The van der Waals surface area contributed by atoms with Crippen molar-refractivity contribution in [1.29, 1.82) is 0 Å². The number of amides is 1. The molecule has 1 saturated heterocycles. The molecular formula is C16H17BrN2OS2. The maximum absolute atomic E-state index is 12.3. The number of halogens is 1. The number of hydrogen-bond donors (Lipinski definition) is 0. The van der Waals surface area contributed by atoms with Crippen molar-refractivity contribution in [2.24, 2.45) is 0 Å². The zero-order chi connectivity index (χ0) is 15.7. The molecule has 0 aliphatic carbocycles. The summed E-state index contributed by atoms with van der Waals surface area (Å²) >= 11 is 7.00. The van der Waals surface area contributed by atoms with Crippen LogP contribution in [0.4, 0.5) is 5.69 Å². The molecular weight excluding hydrogens is 380 g/mol. The Morgan fingerprint density at radius 2 is 2.00 bits per heavy atom. The Balaban J connectivity index is 1.80. The van der Waals surface area contributed by atoms with Crippen LogP contribution in [0.25, 0.3) is 0 Å². The fourth-order valence-corrected chi connectivity index (χ4v) is 5.64. The molecule has 1 atom stereocenters. The summed E-state index contributed by atoms with van der Waals surface area (Å²) in [5, 5.41) is 2.18. The fraction of sp³-hybridized carbons (Fsp3) is 0.312. The zero-order valence-electron chi connectivity index (χ0n) is 12.5. The number of benzene rings is 1. The summed E-state index contributed by atoms with van der Waals surface area (Å²) in [6.45, 7) is 0.661. The summed E-state index contributed by atoms with van der Waals surface area (Å²) in [5.41, 5.74) is 2.34. The third-order valence-corrected chi connectivity index (χ3v) is 6.93. The molecule has 116 valence electrons. The highest BCUT2D eigenvalue weighted by Crippen LogP contribution is 2.44. The molecule has 1 amide bonds. The lowest BCUT2D eigenvalue weighted by atomic mass is 10.2. The Hall–Kier alpha value is -0.980. The van der Waals surface area contributed by atoms with E-state index in [0.717, 1.165) is 4.47 Å². The van der Waals surface area contributed by atoms with Crippen LogP contribution >= 0.6 is 39.0 Å². The molecule has 1 aliphatic heterocycles. The van der Waals surface area contributed by atoms with Gasteiger partial charge in [-0.15, -0.1) is 23.1 Å². The third kappa shape index (κ3) is 3.19. The number of nitrogens with zero attached hydrogens (tertiary/aromatic N) is 2. The first-order chi connectivity index (χ1) is 10.6. The van der Waals surface area contributed by atoms with Crippen LogP contribution in [0.15, 0.2) is 40.2 Å². The number of thiophene rings is 1. The molecule has 22 heavy (non-hydrogen) atoms. The molecule has 0 N–H and O–H groups in total. The van der Waals surface area contributed by atoms with E-state index < -0.39 is 0 Å². The van der Waals surface area contributed by atoms with Crippen LogP contribution in [0.5, 0.6) is 0 Å². The van der Waals surface area contributed by atoms with Crippen molar-refractivity contribution in [3.8, 4) is 0 Å². The predicted octanol–water partition coefficient (Wildman–Crippen LogP) is 4.35. The summed E-state index contributed by atoms with van der Waals surface area (Å²) in [4.78, 5) is 17.5. The fourth-order valence-electron chi connectivity index (χ4n) is 2.42. The molecule has 0 spiro atoms. The number of carbonyl (C=O) groups is 1. The molecule has 6 heteroatoms. The molecule has 0 bridgehead atoms. The second-order valence-electron chi connectivity index (χ2n) is 5.38. The highest BCUT2D eigenvalue weighted by atomic mass is 79.9. The van der Waals surface area contributed by atoms with Crippen molar-refractivity contribution in [2.75, 3.05) is 24.7 Å². The van der Waals surface area contributed by atoms with Crippen molar-refractivity contribution in [3.05, 3.63) is 50.6 Å². The summed E-state index contributed by atoms with van der Waals surface area (Å²) in [6, 6.07) is 10.4. The minimum absolute atomic E-state index is 0.121. The maximum Gasteiger partial charge on any atom is 0.234 e. The molecule has 1 aliphatic rings. The topological polar surface area (TPSA) is 23.6 Å². The minimum atomic E-state index is 0.121. The van der Waals surface area contributed by atoms with E-state index in [2.05, 4.69) is 50.5 Å². The number of anilines is 1. The lowest BCUT2D eigenvalue weighted by Crippen LogP contribution is -2.27. The molecule has 2 heterocycles. The highest BCUT2D eigenvalue weighted by Gasteiger charge is 2.34. The van der Waals surface area contributed by atoms with E-state index in [1.165, 1.54) is 16.1 Å². The molecule has 0 radical (unpaired) electrons. The van der Waals surface area contributed by atoms with Crippen molar-refractivity contribution >= 4 is 50.6 Å². The molecule has 3 nitrogen and oxygen atoms in total. The minimum Gasteiger partial charge on any atom is -0.378 e. The van der Waals surface area contributed by atoms with Crippen molar-refractivity contribution < 1.29 is 4.79 Å². The smallest absolute Gasteiger partial charge is 0.234 e. The van der Waals surface area contributed by atoms with Gasteiger partial charge in [-0.05, 0) is 45.1 Å². The van der Waals surface area contributed by atoms with Crippen LogP contribution in [0.1, 0.15) is 15.8 Å². The maximum atomic E-state index is 12.3. The highest BCUT2D eigenvalue weighted by molar-refractivity contribution is 9.10. The first kappa shape index (κ1) is 15.9. The summed E-state index contributed by atoms with van der Waals surface area (Å²) in [7, 11) is 4.06. The van der Waals surface area contributed by atoms with Crippen LogP contribution in [0.2, 0.25) is 0 Å². The van der Waals surface area contributed by atoms with E-state index in [1.54, 1.807) is 23.1 Å². The van der Waals surface area contributed by atoms with Crippen LogP contribution in [-0.4, -0.2) is 30.7 Å². The number of hydrogen-bond acceptors (Lipinski definition) is 4. The van der Waals surface area contributed by atoms with Gasteiger partial charge < -0.3 is 9.80 Å². The van der Waals surface area contributed by atoms with Gasteiger partial charge in [-0.25, -0.2) is 0 Å². The van der Waals surface area contributed by atoms with Crippen LogP contribution in [0.3, 0.4) is 0 Å². The van der Waals surface area contributed by atoms with Crippen LogP contribution in [-0.2, 0) is 11.3 Å². The molecule has 1 unspecified atom stereocenters. The number of carbonyl (C=O) groups excluding carboxylic acids is 1. The lowest BCUT2D eigenvalue weighted by molar-refractivity contribution is -0.128. The van der Waals surface area contributed by atoms with E-state index >= 15 is 0 Å². The monoisotopic (exact) mass is 396 g/mol. The van der Waals surface area contributed by atoms with E-state index in [9.17, 15) is 4.79 Å². The second kappa shape index (κ2) is 6.64. The van der Waals surface area contributed by atoms with E-state index in [0.29, 0.717) is 12.3 Å². The van der Waals surface area contributed by atoms with Gasteiger partial charge in [0.15, 0.2) is 0 Å². The Labute approximate surface area is 147 Å². The predicted molar refractivity (Wildman–Crippen MR) is 98.5 cm³/mol. The van der Waals surface area contributed by atoms with Gasteiger partial charge in [0.2, 0.25) is 5.91 Å². The van der Waals surface area contributed by atoms with Gasteiger partial charge in [-0.3, -0.25) is 4.79 Å².